The summed E-state index contributed by atoms with van der Waals surface area (Å²) in [5.74, 6) is 1.20. The van der Waals surface area contributed by atoms with Crippen molar-refractivity contribution in [2.24, 2.45) is 5.92 Å². The van der Waals surface area contributed by atoms with E-state index in [1.165, 1.54) is 49.4 Å². The molecule has 0 bridgehead atoms. The number of rotatable bonds is 4. The second-order valence-electron chi connectivity index (χ2n) is 14.7. The van der Waals surface area contributed by atoms with E-state index >= 15 is 0 Å². The fourth-order valence-electron chi connectivity index (χ4n) is 8.73. The van der Waals surface area contributed by atoms with E-state index in [0.717, 1.165) is 40.0 Å². The lowest BCUT2D eigenvalue weighted by Crippen LogP contribution is -2.19. The smallest absolute Gasteiger partial charge is 0.235 e. The van der Waals surface area contributed by atoms with Gasteiger partial charge in [-0.1, -0.05) is 172 Å². The van der Waals surface area contributed by atoms with Gasteiger partial charge in [0, 0.05) is 38.3 Å². The zero-order valence-corrected chi connectivity index (χ0v) is 29.1. The lowest BCUT2D eigenvalue weighted by atomic mass is 9.76. The Balaban J connectivity index is 1.35. The third-order valence-electron chi connectivity index (χ3n) is 11.2. The highest BCUT2D eigenvalue weighted by atomic mass is 15.2. The van der Waals surface area contributed by atoms with E-state index in [0.29, 0.717) is 11.9 Å². The standard InChI is InChI=1S/C48H37N3/c1-30-24-26-39-41(28-30)48(2,3)40-23-13-20-35(44(39)40)36-21-12-22-37-38-27-25-31-14-10-11-19-34(31)45(38)51(46(36)37)47-49-42(32-15-6-4-7-16-32)29-43(50-47)33-17-8-5-9-18-33/h4-27,29-30H,28H2,1-3H3. The first-order valence-electron chi connectivity index (χ1n) is 18.0. The number of para-hydroxylation sites is 1. The third-order valence-corrected chi connectivity index (χ3v) is 11.2. The number of aromatic nitrogens is 3. The van der Waals surface area contributed by atoms with E-state index in [1.54, 1.807) is 5.57 Å². The van der Waals surface area contributed by atoms with Crippen molar-refractivity contribution in [3.05, 3.63) is 168 Å². The van der Waals surface area contributed by atoms with Crippen LogP contribution >= 0.6 is 0 Å². The van der Waals surface area contributed by atoms with Gasteiger partial charge in [0.2, 0.25) is 5.95 Å². The summed E-state index contributed by atoms with van der Waals surface area (Å²) >= 11 is 0. The Morgan fingerprint density at radius 3 is 1.98 bits per heavy atom. The summed E-state index contributed by atoms with van der Waals surface area (Å²) in [6.45, 7) is 7.14. The van der Waals surface area contributed by atoms with E-state index in [1.807, 2.05) is 0 Å². The van der Waals surface area contributed by atoms with Crippen LogP contribution in [0.15, 0.2) is 157 Å². The predicted molar refractivity (Wildman–Crippen MR) is 213 cm³/mol. The quantitative estimate of drug-likeness (QED) is 0.189. The Morgan fingerprint density at radius 1 is 0.608 bits per heavy atom. The molecular formula is C48H37N3. The molecule has 244 valence electrons. The first-order valence-corrected chi connectivity index (χ1v) is 18.0. The molecule has 6 aromatic carbocycles. The molecule has 8 aromatic rings. The maximum absolute atomic E-state index is 5.41. The number of nitrogens with zero attached hydrogens (tertiary/aromatic N) is 3. The predicted octanol–water partition coefficient (Wildman–Crippen LogP) is 12.4. The zero-order valence-electron chi connectivity index (χ0n) is 29.1. The van der Waals surface area contributed by atoms with Crippen molar-refractivity contribution in [1.29, 1.82) is 0 Å². The molecule has 0 radical (unpaired) electrons. The summed E-state index contributed by atoms with van der Waals surface area (Å²) in [6.07, 6.45) is 5.87. The molecule has 51 heavy (non-hydrogen) atoms. The molecule has 2 aromatic heterocycles. The molecule has 2 heterocycles. The van der Waals surface area contributed by atoms with Crippen LogP contribution in [0.2, 0.25) is 0 Å². The minimum Gasteiger partial charge on any atom is -0.277 e. The zero-order chi connectivity index (χ0) is 34.3. The monoisotopic (exact) mass is 655 g/mol. The van der Waals surface area contributed by atoms with Crippen LogP contribution in [0.5, 0.6) is 0 Å². The highest BCUT2D eigenvalue weighted by Crippen LogP contribution is 2.54. The molecule has 2 aliphatic carbocycles. The van der Waals surface area contributed by atoms with Crippen molar-refractivity contribution in [2.75, 3.05) is 0 Å². The molecule has 0 saturated carbocycles. The van der Waals surface area contributed by atoms with E-state index in [2.05, 4.69) is 177 Å². The molecule has 0 spiro atoms. The molecule has 1 atom stereocenters. The Labute approximate surface area is 298 Å². The summed E-state index contributed by atoms with van der Waals surface area (Å²) in [4.78, 5) is 10.8. The topological polar surface area (TPSA) is 30.7 Å². The third kappa shape index (κ3) is 4.51. The summed E-state index contributed by atoms with van der Waals surface area (Å²) in [7, 11) is 0. The van der Waals surface area contributed by atoms with Gasteiger partial charge in [0.15, 0.2) is 0 Å². The largest absolute Gasteiger partial charge is 0.277 e. The van der Waals surface area contributed by atoms with Gasteiger partial charge in [0.1, 0.15) is 0 Å². The summed E-state index contributed by atoms with van der Waals surface area (Å²) in [5, 5.41) is 4.76. The van der Waals surface area contributed by atoms with Crippen molar-refractivity contribution in [2.45, 2.75) is 32.6 Å². The minimum atomic E-state index is -0.0335. The van der Waals surface area contributed by atoms with Gasteiger partial charge in [-0.15, -0.1) is 0 Å². The number of hydrogen-bond acceptors (Lipinski definition) is 2. The minimum absolute atomic E-state index is 0.0335. The van der Waals surface area contributed by atoms with E-state index in [-0.39, 0.29) is 5.41 Å². The van der Waals surface area contributed by atoms with Crippen LogP contribution in [0.3, 0.4) is 0 Å². The number of allylic oxidation sites excluding steroid dienone is 4. The molecule has 0 amide bonds. The maximum Gasteiger partial charge on any atom is 0.235 e. The normalized spacial score (nSPS) is 16.3. The number of hydrogen-bond donors (Lipinski definition) is 0. The Kier molecular flexibility index (Phi) is 6.57. The van der Waals surface area contributed by atoms with E-state index in [9.17, 15) is 0 Å². The van der Waals surface area contributed by atoms with E-state index in [4.69, 9.17) is 9.97 Å². The second kappa shape index (κ2) is 11.2. The molecule has 0 aliphatic heterocycles. The van der Waals surface area contributed by atoms with Crippen molar-refractivity contribution >= 4 is 38.2 Å². The van der Waals surface area contributed by atoms with E-state index < -0.39 is 0 Å². The first-order chi connectivity index (χ1) is 25.0. The van der Waals surface area contributed by atoms with Crippen LogP contribution in [0.4, 0.5) is 0 Å². The van der Waals surface area contributed by atoms with Gasteiger partial charge in [-0.2, -0.15) is 0 Å². The molecule has 3 heteroatoms. The van der Waals surface area contributed by atoms with Gasteiger partial charge >= 0.3 is 0 Å². The molecular weight excluding hydrogens is 619 g/mol. The van der Waals surface area contributed by atoms with Crippen molar-refractivity contribution in [3.63, 3.8) is 0 Å². The SMILES string of the molecule is CC1C=CC2=C(C1)C(C)(C)c1cccc(-c3cccc4c5ccc6ccccc6c5n(-c5nc(-c6ccccc6)cc(-c6ccccc6)n5)c34)c12. The fourth-order valence-corrected chi connectivity index (χ4v) is 8.73. The van der Waals surface area contributed by atoms with Gasteiger partial charge < -0.3 is 0 Å². The van der Waals surface area contributed by atoms with Gasteiger partial charge in [0.25, 0.3) is 0 Å². The summed E-state index contributed by atoms with van der Waals surface area (Å²) < 4.78 is 2.36. The molecule has 1 unspecified atom stereocenters. The molecule has 3 nitrogen and oxygen atoms in total. The van der Waals surface area contributed by atoms with Crippen LogP contribution in [-0.2, 0) is 5.41 Å². The van der Waals surface area contributed by atoms with Gasteiger partial charge in [-0.05, 0) is 46.1 Å². The molecule has 0 saturated heterocycles. The Morgan fingerprint density at radius 2 is 1.24 bits per heavy atom. The average Bonchev–Trinajstić information content (AvgIpc) is 3.64. The highest BCUT2D eigenvalue weighted by Gasteiger charge is 2.40. The Hall–Kier alpha value is -6.06. The number of fused-ring (bicyclic) bond motifs is 7. The molecule has 2 aliphatic rings. The van der Waals surface area contributed by atoms with Gasteiger partial charge in [-0.25, -0.2) is 9.97 Å². The average molecular weight is 656 g/mol. The summed E-state index contributed by atoms with van der Waals surface area (Å²) in [6, 6.07) is 50.0. The fraction of sp³-hybridized carbons (Fsp3) is 0.125. The Bertz CT molecular complexity index is 2690. The second-order valence-corrected chi connectivity index (χ2v) is 14.7. The van der Waals surface area contributed by atoms with Gasteiger partial charge in [0.05, 0.1) is 22.4 Å². The van der Waals surface area contributed by atoms with Crippen LogP contribution in [-0.4, -0.2) is 14.5 Å². The lowest BCUT2D eigenvalue weighted by molar-refractivity contribution is 0.566. The maximum atomic E-state index is 5.41. The lowest BCUT2D eigenvalue weighted by Gasteiger charge is -2.27. The van der Waals surface area contributed by atoms with Crippen molar-refractivity contribution < 1.29 is 0 Å². The van der Waals surface area contributed by atoms with Crippen LogP contribution in [0.1, 0.15) is 38.3 Å². The number of benzene rings is 6. The van der Waals surface area contributed by atoms with Crippen LogP contribution < -0.4 is 0 Å². The summed E-state index contributed by atoms with van der Waals surface area (Å²) in [5.41, 5.74) is 14.3. The van der Waals surface area contributed by atoms with Gasteiger partial charge in [-0.3, -0.25) is 4.57 Å². The van der Waals surface area contributed by atoms with Crippen molar-refractivity contribution in [1.82, 2.24) is 14.5 Å². The molecule has 0 fully saturated rings. The first kappa shape index (κ1) is 29.8. The van der Waals surface area contributed by atoms with Crippen molar-refractivity contribution in [3.8, 4) is 39.6 Å². The van der Waals surface area contributed by atoms with Crippen LogP contribution in [0.25, 0.3) is 77.7 Å². The highest BCUT2D eigenvalue weighted by molar-refractivity contribution is 6.21. The van der Waals surface area contributed by atoms with Crippen LogP contribution in [0, 0.1) is 5.92 Å². The molecule has 0 N–H and O–H groups in total. The molecule has 10 rings (SSSR count).